The molecule has 2 saturated heterocycles. The van der Waals surface area contributed by atoms with E-state index in [0.717, 1.165) is 5.56 Å². The number of nitrogens with zero attached hydrogens (tertiary/aromatic N) is 2. The van der Waals surface area contributed by atoms with Gasteiger partial charge in [0.05, 0.1) is 30.7 Å². The average molecular weight is 482 g/mol. The van der Waals surface area contributed by atoms with Gasteiger partial charge in [0.25, 0.3) is 11.5 Å². The van der Waals surface area contributed by atoms with Crippen molar-refractivity contribution < 1.29 is 23.7 Å². The number of aromatic amines is 1. The number of benzene rings is 2. The normalized spacial score (nSPS) is 18.6. The minimum atomic E-state index is -0.533. The molecule has 1 amide bonds. The number of aromatic nitrogens is 2. The number of hydrogen-bond acceptors (Lipinski definition) is 7. The van der Waals surface area contributed by atoms with Gasteiger partial charge in [-0.2, -0.15) is 0 Å². The Balaban J connectivity index is 1.25. The van der Waals surface area contributed by atoms with E-state index in [1.54, 1.807) is 23.1 Å². The van der Waals surface area contributed by atoms with Crippen LogP contribution < -0.4 is 15.0 Å². The van der Waals surface area contributed by atoms with Crippen LogP contribution in [0.4, 0.5) is 0 Å². The summed E-state index contributed by atoms with van der Waals surface area (Å²) in [6.45, 7) is 2.80. The molecule has 10 heteroatoms. The van der Waals surface area contributed by atoms with Crippen molar-refractivity contribution in [2.24, 2.45) is 0 Å². The molecule has 2 fully saturated rings. The molecule has 1 aromatic heterocycles. The van der Waals surface area contributed by atoms with Crippen LogP contribution in [0.3, 0.4) is 0 Å². The molecule has 4 heterocycles. The summed E-state index contributed by atoms with van der Waals surface area (Å²) < 4.78 is 24.1. The Kier molecular flexibility index (Phi) is 5.16. The van der Waals surface area contributed by atoms with Gasteiger partial charge in [-0.1, -0.05) is 6.07 Å². The molecule has 2 aromatic carbocycles. The molecule has 1 spiro atoms. The quantitative estimate of drug-likeness (QED) is 0.575. The maximum absolute atomic E-state index is 13.2. The summed E-state index contributed by atoms with van der Waals surface area (Å²) in [6.07, 6.45) is 1.30. The second-order valence-corrected chi connectivity index (χ2v) is 9.06. The van der Waals surface area contributed by atoms with Gasteiger partial charge < -0.3 is 28.8 Å². The van der Waals surface area contributed by atoms with Gasteiger partial charge in [-0.05, 0) is 48.1 Å². The lowest BCUT2D eigenvalue weighted by Gasteiger charge is -2.37. The Hall–Kier alpha value is -3.21. The standard InChI is InChI=1S/C24H23N3O6S/c28-21(26-7-5-24(6-8-26)32-9-10-33-24)16-2-3-17-18(12-16)25-23(34)27(22(17)29)13-15-1-4-19-20(11-15)31-14-30-19/h1-4,11-12H,5-10,13-14H2,(H,25,34). The number of piperidine rings is 1. The number of carbonyl (C=O) groups is 1. The highest BCUT2D eigenvalue weighted by atomic mass is 32.1. The lowest BCUT2D eigenvalue weighted by atomic mass is 10.0. The van der Waals surface area contributed by atoms with Crippen molar-refractivity contribution in [3.05, 3.63) is 62.6 Å². The van der Waals surface area contributed by atoms with E-state index in [1.165, 1.54) is 4.57 Å². The van der Waals surface area contributed by atoms with E-state index in [2.05, 4.69) is 4.98 Å². The lowest BCUT2D eigenvalue weighted by molar-refractivity contribution is -0.181. The molecule has 0 unspecified atom stereocenters. The second-order valence-electron chi connectivity index (χ2n) is 8.67. The number of carbonyl (C=O) groups excluding carboxylic acids is 1. The highest BCUT2D eigenvalue weighted by Crippen LogP contribution is 2.33. The Morgan fingerprint density at radius 2 is 1.79 bits per heavy atom. The summed E-state index contributed by atoms with van der Waals surface area (Å²) in [4.78, 5) is 31.2. The van der Waals surface area contributed by atoms with Gasteiger partial charge in [0.15, 0.2) is 22.1 Å². The first-order chi connectivity index (χ1) is 16.5. The molecule has 0 radical (unpaired) electrons. The second kappa shape index (κ2) is 8.23. The largest absolute Gasteiger partial charge is 0.454 e. The molecule has 0 bridgehead atoms. The molecule has 0 saturated carbocycles. The number of amides is 1. The number of ether oxygens (including phenoxy) is 4. The van der Waals surface area contributed by atoms with Gasteiger partial charge in [-0.25, -0.2) is 0 Å². The number of fused-ring (bicyclic) bond motifs is 2. The highest BCUT2D eigenvalue weighted by Gasteiger charge is 2.40. The fourth-order valence-electron chi connectivity index (χ4n) is 4.77. The van der Waals surface area contributed by atoms with Gasteiger partial charge in [-0.3, -0.25) is 14.2 Å². The van der Waals surface area contributed by atoms with Crippen LogP contribution in [0.2, 0.25) is 0 Å². The molecule has 34 heavy (non-hydrogen) atoms. The molecule has 0 atom stereocenters. The maximum Gasteiger partial charge on any atom is 0.262 e. The molecule has 3 aliphatic rings. The number of rotatable bonds is 3. The van der Waals surface area contributed by atoms with Crippen molar-refractivity contribution in [1.29, 1.82) is 0 Å². The molecule has 176 valence electrons. The third-order valence-electron chi connectivity index (χ3n) is 6.63. The van der Waals surface area contributed by atoms with Crippen molar-refractivity contribution in [3.8, 4) is 11.5 Å². The Bertz CT molecular complexity index is 1400. The van der Waals surface area contributed by atoms with Gasteiger partial charge in [0.2, 0.25) is 6.79 Å². The van der Waals surface area contributed by atoms with E-state index in [0.29, 0.717) is 73.7 Å². The van der Waals surface area contributed by atoms with Crippen LogP contribution in [0.15, 0.2) is 41.2 Å². The first-order valence-electron chi connectivity index (χ1n) is 11.2. The first kappa shape index (κ1) is 21.3. The smallest absolute Gasteiger partial charge is 0.262 e. The minimum absolute atomic E-state index is 0.0846. The van der Waals surface area contributed by atoms with Crippen molar-refractivity contribution in [3.63, 3.8) is 0 Å². The summed E-state index contributed by atoms with van der Waals surface area (Å²) in [6, 6.07) is 10.6. The van der Waals surface area contributed by atoms with Crippen LogP contribution in [-0.4, -0.2) is 59.2 Å². The maximum atomic E-state index is 13.2. The number of hydrogen-bond donors (Lipinski definition) is 1. The van der Waals surface area contributed by atoms with E-state index in [9.17, 15) is 9.59 Å². The Morgan fingerprint density at radius 1 is 1.03 bits per heavy atom. The average Bonchev–Trinajstić information content (AvgIpc) is 3.51. The molecule has 6 rings (SSSR count). The zero-order chi connectivity index (χ0) is 23.3. The first-order valence-corrected chi connectivity index (χ1v) is 11.6. The van der Waals surface area contributed by atoms with Crippen molar-refractivity contribution >= 4 is 29.0 Å². The minimum Gasteiger partial charge on any atom is -0.454 e. The highest BCUT2D eigenvalue weighted by molar-refractivity contribution is 7.71. The van der Waals surface area contributed by atoms with Crippen LogP contribution in [0.25, 0.3) is 10.9 Å². The summed E-state index contributed by atoms with van der Waals surface area (Å²) in [7, 11) is 0. The Labute approximate surface area is 199 Å². The fourth-order valence-corrected chi connectivity index (χ4v) is 5.03. The van der Waals surface area contributed by atoms with Crippen LogP contribution >= 0.6 is 12.2 Å². The summed E-state index contributed by atoms with van der Waals surface area (Å²) in [5.74, 6) is 0.718. The zero-order valence-electron chi connectivity index (χ0n) is 18.4. The summed E-state index contributed by atoms with van der Waals surface area (Å²) >= 11 is 5.49. The number of likely N-dealkylation sites (tertiary alicyclic amines) is 1. The van der Waals surface area contributed by atoms with Crippen molar-refractivity contribution in [1.82, 2.24) is 14.5 Å². The molecule has 3 aliphatic heterocycles. The fraction of sp³-hybridized carbons (Fsp3) is 0.375. The van der Waals surface area contributed by atoms with Crippen LogP contribution in [0, 0.1) is 4.77 Å². The predicted octanol–water partition coefficient (Wildman–Crippen LogP) is 2.82. The van der Waals surface area contributed by atoms with Crippen LogP contribution in [0.5, 0.6) is 11.5 Å². The topological polar surface area (TPSA) is 95.0 Å². The van der Waals surface area contributed by atoms with E-state index < -0.39 is 5.79 Å². The van der Waals surface area contributed by atoms with Crippen LogP contribution in [-0.2, 0) is 16.0 Å². The molecule has 3 aromatic rings. The predicted molar refractivity (Wildman–Crippen MR) is 125 cm³/mol. The monoisotopic (exact) mass is 481 g/mol. The van der Waals surface area contributed by atoms with Crippen molar-refractivity contribution in [2.45, 2.75) is 25.2 Å². The molecular weight excluding hydrogens is 458 g/mol. The van der Waals surface area contributed by atoms with E-state index in [1.807, 2.05) is 18.2 Å². The van der Waals surface area contributed by atoms with Gasteiger partial charge in [0.1, 0.15) is 0 Å². The zero-order valence-corrected chi connectivity index (χ0v) is 19.2. The Morgan fingerprint density at radius 3 is 2.59 bits per heavy atom. The molecular formula is C24H23N3O6S. The molecule has 9 nitrogen and oxygen atoms in total. The van der Waals surface area contributed by atoms with E-state index in [4.69, 9.17) is 31.2 Å². The molecule has 1 N–H and O–H groups in total. The van der Waals surface area contributed by atoms with Gasteiger partial charge in [0, 0.05) is 31.5 Å². The van der Waals surface area contributed by atoms with Crippen LogP contribution in [0.1, 0.15) is 28.8 Å². The number of nitrogens with one attached hydrogen (secondary N) is 1. The lowest BCUT2D eigenvalue weighted by Crippen LogP contribution is -2.47. The third-order valence-corrected chi connectivity index (χ3v) is 6.95. The van der Waals surface area contributed by atoms with E-state index >= 15 is 0 Å². The third kappa shape index (κ3) is 3.67. The molecule has 0 aliphatic carbocycles. The van der Waals surface area contributed by atoms with Gasteiger partial charge >= 0.3 is 0 Å². The summed E-state index contributed by atoms with van der Waals surface area (Å²) in [5, 5.41) is 0.469. The summed E-state index contributed by atoms with van der Waals surface area (Å²) in [5.41, 5.74) is 1.70. The van der Waals surface area contributed by atoms with Gasteiger partial charge in [-0.15, -0.1) is 0 Å². The van der Waals surface area contributed by atoms with Crippen molar-refractivity contribution in [2.75, 3.05) is 33.1 Å². The van der Waals surface area contributed by atoms with E-state index in [-0.39, 0.29) is 23.0 Å². The number of H-pyrrole nitrogens is 1. The SMILES string of the molecule is O=C(c1ccc2c(=O)n(Cc3ccc4c(c3)OCO4)c(=S)[nH]c2c1)N1CCC2(CC1)OCCO2.